The molecule has 0 aromatic carbocycles. The number of ether oxygens (including phenoxy) is 1. The third-order valence-electron chi connectivity index (χ3n) is 2.03. The third kappa shape index (κ3) is 4.72. The average Bonchev–Trinajstić information content (AvgIpc) is 2.75. The highest BCUT2D eigenvalue weighted by Crippen LogP contribution is 2.17. The molecule has 0 amide bonds. The molecule has 0 aliphatic rings. The number of unbranched alkanes of at least 4 members (excludes halogenated alkanes) is 1. The van der Waals surface area contributed by atoms with Crippen molar-refractivity contribution in [1.82, 2.24) is 20.2 Å². The lowest BCUT2D eigenvalue weighted by Crippen LogP contribution is -2.10. The van der Waals surface area contributed by atoms with Crippen molar-refractivity contribution in [2.45, 2.75) is 44.8 Å². The van der Waals surface area contributed by atoms with Crippen molar-refractivity contribution in [1.29, 1.82) is 0 Å². The van der Waals surface area contributed by atoms with Crippen molar-refractivity contribution in [3.8, 4) is 0 Å². The summed E-state index contributed by atoms with van der Waals surface area (Å²) in [6.07, 6.45) is 1.92. The Balaban J connectivity index is 2.34. The van der Waals surface area contributed by atoms with Crippen LogP contribution in [0.25, 0.3) is 0 Å². The number of rotatable bonds is 7. The maximum atomic E-state index is 11.4. The van der Waals surface area contributed by atoms with Crippen LogP contribution in [0.3, 0.4) is 0 Å². The number of nitrogens with zero attached hydrogens (tertiary/aromatic N) is 4. The van der Waals surface area contributed by atoms with Gasteiger partial charge in [0.2, 0.25) is 5.16 Å². The number of hydrogen-bond acceptors (Lipinski definition) is 6. The number of thioether (sulfide) groups is 1. The number of carbonyl (C=O) groups excluding carboxylic acids is 1. The van der Waals surface area contributed by atoms with Crippen LogP contribution in [0.2, 0.25) is 0 Å². The standard InChI is InChI=1S/C10H18N4O2S/c1-4-5-6-16-9(15)7-17-10-11-12-13-14(10)8(2)3/h8H,4-7H2,1-3H3. The summed E-state index contributed by atoms with van der Waals surface area (Å²) in [5.74, 6) is 0.0262. The van der Waals surface area contributed by atoms with Crippen molar-refractivity contribution < 1.29 is 9.53 Å². The van der Waals surface area contributed by atoms with Crippen LogP contribution in [-0.4, -0.2) is 38.5 Å². The zero-order valence-corrected chi connectivity index (χ0v) is 11.2. The smallest absolute Gasteiger partial charge is 0.316 e. The van der Waals surface area contributed by atoms with Crippen LogP contribution in [0.4, 0.5) is 0 Å². The van der Waals surface area contributed by atoms with E-state index in [1.807, 2.05) is 13.8 Å². The number of carbonyl (C=O) groups is 1. The molecule has 1 aromatic heterocycles. The second kappa shape index (κ2) is 7.26. The number of aromatic nitrogens is 4. The van der Waals surface area contributed by atoms with Gasteiger partial charge in [-0.05, 0) is 30.7 Å². The Bertz CT molecular complexity index is 354. The normalized spacial score (nSPS) is 10.8. The topological polar surface area (TPSA) is 69.9 Å². The number of esters is 1. The van der Waals surface area contributed by atoms with Crippen LogP contribution in [0, 0.1) is 0 Å². The Morgan fingerprint density at radius 2 is 2.29 bits per heavy atom. The van der Waals surface area contributed by atoms with Gasteiger partial charge >= 0.3 is 5.97 Å². The molecule has 7 heteroatoms. The lowest BCUT2D eigenvalue weighted by Gasteiger charge is -2.07. The molecule has 0 N–H and O–H groups in total. The molecule has 0 unspecified atom stereocenters. The van der Waals surface area contributed by atoms with Crippen molar-refractivity contribution >= 4 is 17.7 Å². The van der Waals surface area contributed by atoms with Gasteiger partial charge in [-0.25, -0.2) is 4.68 Å². The SMILES string of the molecule is CCCCOC(=O)CSc1nnnn1C(C)C. The molecule has 1 rings (SSSR count). The van der Waals surface area contributed by atoms with E-state index in [4.69, 9.17) is 4.74 Å². The predicted octanol–water partition coefficient (Wildman–Crippen LogP) is 1.69. The predicted molar refractivity (Wildman–Crippen MR) is 64.8 cm³/mol. The second-order valence-corrected chi connectivity index (χ2v) is 4.80. The molecule has 0 atom stereocenters. The van der Waals surface area contributed by atoms with E-state index >= 15 is 0 Å². The molecule has 17 heavy (non-hydrogen) atoms. The molecule has 0 saturated carbocycles. The zero-order chi connectivity index (χ0) is 12.7. The Morgan fingerprint density at radius 3 is 2.94 bits per heavy atom. The molecule has 6 nitrogen and oxygen atoms in total. The van der Waals surface area contributed by atoms with Gasteiger partial charge in [0, 0.05) is 0 Å². The Kier molecular flexibility index (Phi) is 5.96. The zero-order valence-electron chi connectivity index (χ0n) is 10.4. The van der Waals surface area contributed by atoms with Gasteiger partial charge in [-0.2, -0.15) is 0 Å². The molecular weight excluding hydrogens is 240 g/mol. The van der Waals surface area contributed by atoms with E-state index < -0.39 is 0 Å². The highest BCUT2D eigenvalue weighted by atomic mass is 32.2. The van der Waals surface area contributed by atoms with Gasteiger partial charge in [0.05, 0.1) is 18.4 Å². The van der Waals surface area contributed by atoms with Crippen LogP contribution < -0.4 is 0 Å². The first-order chi connectivity index (χ1) is 8.15. The lowest BCUT2D eigenvalue weighted by atomic mass is 10.4. The van der Waals surface area contributed by atoms with E-state index in [9.17, 15) is 4.79 Å². The summed E-state index contributed by atoms with van der Waals surface area (Å²) in [6.45, 7) is 6.52. The molecule has 0 radical (unpaired) electrons. The van der Waals surface area contributed by atoms with Crippen LogP contribution in [0.15, 0.2) is 5.16 Å². The maximum Gasteiger partial charge on any atom is 0.316 e. The van der Waals surface area contributed by atoms with Gasteiger partial charge in [-0.3, -0.25) is 4.79 Å². The molecule has 0 aliphatic heterocycles. The average molecular weight is 258 g/mol. The highest BCUT2D eigenvalue weighted by Gasteiger charge is 2.12. The molecule has 0 fully saturated rings. The summed E-state index contributed by atoms with van der Waals surface area (Å²) in [4.78, 5) is 11.4. The van der Waals surface area contributed by atoms with Crippen LogP contribution in [0.1, 0.15) is 39.7 Å². The monoisotopic (exact) mass is 258 g/mol. The molecular formula is C10H18N4O2S. The minimum atomic E-state index is -0.221. The summed E-state index contributed by atoms with van der Waals surface area (Å²) < 4.78 is 6.73. The largest absolute Gasteiger partial charge is 0.465 e. The fourth-order valence-corrected chi connectivity index (χ4v) is 1.90. The molecule has 0 bridgehead atoms. The van der Waals surface area contributed by atoms with Gasteiger partial charge in [-0.15, -0.1) is 5.10 Å². The molecule has 1 heterocycles. The summed E-state index contributed by atoms with van der Waals surface area (Å²) in [5.41, 5.74) is 0. The first kappa shape index (κ1) is 14.0. The minimum absolute atomic E-state index is 0.184. The Labute approximate surface area is 105 Å². The molecule has 0 aliphatic carbocycles. The number of tetrazole rings is 1. The van der Waals surface area contributed by atoms with Crippen molar-refractivity contribution in [2.24, 2.45) is 0 Å². The summed E-state index contributed by atoms with van der Waals surface area (Å²) >= 11 is 1.30. The van der Waals surface area contributed by atoms with Gasteiger partial charge in [0.1, 0.15) is 0 Å². The molecule has 96 valence electrons. The van der Waals surface area contributed by atoms with E-state index in [0.717, 1.165) is 12.8 Å². The van der Waals surface area contributed by atoms with Crippen molar-refractivity contribution in [3.05, 3.63) is 0 Å². The van der Waals surface area contributed by atoms with E-state index in [0.29, 0.717) is 11.8 Å². The van der Waals surface area contributed by atoms with Crippen LogP contribution >= 0.6 is 11.8 Å². The molecule has 0 saturated heterocycles. The van der Waals surface area contributed by atoms with E-state index in [-0.39, 0.29) is 17.8 Å². The van der Waals surface area contributed by atoms with Crippen LogP contribution in [0.5, 0.6) is 0 Å². The Hall–Kier alpha value is -1.11. The van der Waals surface area contributed by atoms with Gasteiger partial charge in [0.15, 0.2) is 0 Å². The van der Waals surface area contributed by atoms with Crippen molar-refractivity contribution in [3.63, 3.8) is 0 Å². The summed E-state index contributed by atoms with van der Waals surface area (Å²) in [7, 11) is 0. The quantitative estimate of drug-likeness (QED) is 0.421. The first-order valence-electron chi connectivity index (χ1n) is 5.71. The second-order valence-electron chi connectivity index (χ2n) is 3.86. The highest BCUT2D eigenvalue weighted by molar-refractivity contribution is 7.99. The van der Waals surface area contributed by atoms with E-state index in [2.05, 4.69) is 22.4 Å². The summed E-state index contributed by atoms with van der Waals surface area (Å²) in [5, 5.41) is 11.9. The molecule has 1 aromatic rings. The summed E-state index contributed by atoms with van der Waals surface area (Å²) in [6, 6.07) is 0.184. The van der Waals surface area contributed by atoms with Gasteiger partial charge in [-0.1, -0.05) is 25.1 Å². The molecule has 0 spiro atoms. The van der Waals surface area contributed by atoms with Crippen LogP contribution in [-0.2, 0) is 9.53 Å². The van der Waals surface area contributed by atoms with Gasteiger partial charge in [0.25, 0.3) is 0 Å². The lowest BCUT2D eigenvalue weighted by molar-refractivity contribution is -0.140. The fraction of sp³-hybridized carbons (Fsp3) is 0.800. The van der Waals surface area contributed by atoms with Gasteiger partial charge < -0.3 is 4.74 Å². The fourth-order valence-electron chi connectivity index (χ4n) is 1.10. The minimum Gasteiger partial charge on any atom is -0.465 e. The number of hydrogen-bond donors (Lipinski definition) is 0. The van der Waals surface area contributed by atoms with E-state index in [1.54, 1.807) is 4.68 Å². The van der Waals surface area contributed by atoms with Crippen molar-refractivity contribution in [2.75, 3.05) is 12.4 Å². The third-order valence-corrected chi connectivity index (χ3v) is 2.94. The first-order valence-corrected chi connectivity index (χ1v) is 6.70. The maximum absolute atomic E-state index is 11.4. The Morgan fingerprint density at radius 1 is 1.53 bits per heavy atom. The van der Waals surface area contributed by atoms with E-state index in [1.165, 1.54) is 11.8 Å².